The van der Waals surface area contributed by atoms with Crippen LogP contribution in [-0.4, -0.2) is 34.0 Å². The fourth-order valence-corrected chi connectivity index (χ4v) is 3.39. The Bertz CT molecular complexity index is 696. The van der Waals surface area contributed by atoms with E-state index in [9.17, 15) is 12.8 Å². The highest BCUT2D eigenvalue weighted by atomic mass is 32.2. The third-order valence-electron chi connectivity index (χ3n) is 3.06. The van der Waals surface area contributed by atoms with Crippen LogP contribution in [0.3, 0.4) is 0 Å². The summed E-state index contributed by atoms with van der Waals surface area (Å²) in [6.07, 6.45) is 1.58. The van der Waals surface area contributed by atoms with Crippen LogP contribution in [0, 0.1) is 5.82 Å². The van der Waals surface area contributed by atoms with Crippen molar-refractivity contribution in [1.29, 1.82) is 0 Å². The second kappa shape index (κ2) is 4.39. The highest BCUT2D eigenvalue weighted by Crippen LogP contribution is 2.20. The van der Waals surface area contributed by atoms with Crippen molar-refractivity contribution in [2.75, 3.05) is 6.54 Å². The van der Waals surface area contributed by atoms with E-state index in [0.717, 1.165) is 12.1 Å². The maximum absolute atomic E-state index is 12.8. The molecule has 2 heterocycles. The smallest absolute Gasteiger partial charge is 0.243 e. The number of fused-ring (bicyclic) bond motifs is 1. The van der Waals surface area contributed by atoms with Crippen molar-refractivity contribution >= 4 is 10.0 Å². The van der Waals surface area contributed by atoms with Crippen LogP contribution in [0.25, 0.3) is 0 Å². The highest BCUT2D eigenvalue weighted by molar-refractivity contribution is 7.89. The summed E-state index contributed by atoms with van der Waals surface area (Å²) in [7, 11) is -3.61. The zero-order valence-electron chi connectivity index (χ0n) is 9.90. The molecule has 0 atom stereocenters. The van der Waals surface area contributed by atoms with Gasteiger partial charge in [-0.2, -0.15) is 4.31 Å². The summed E-state index contributed by atoms with van der Waals surface area (Å²) in [5.41, 5.74) is 0. The number of hydrogen-bond donors (Lipinski definition) is 0. The monoisotopic (exact) mass is 282 g/mol. The fourth-order valence-electron chi connectivity index (χ4n) is 2.00. The summed E-state index contributed by atoms with van der Waals surface area (Å²) in [5.74, 6) is 0.147. The van der Waals surface area contributed by atoms with Crippen molar-refractivity contribution in [3.05, 3.63) is 42.2 Å². The SMILES string of the molecule is O=S(=O)(c1ccc(F)cc1)N1CCn2cnnc2C1. The summed E-state index contributed by atoms with van der Waals surface area (Å²) in [4.78, 5) is 0.0851. The Morgan fingerprint density at radius 1 is 1.16 bits per heavy atom. The maximum Gasteiger partial charge on any atom is 0.243 e. The van der Waals surface area contributed by atoms with Crippen molar-refractivity contribution in [3.8, 4) is 0 Å². The van der Waals surface area contributed by atoms with Crippen molar-refractivity contribution in [2.24, 2.45) is 0 Å². The van der Waals surface area contributed by atoms with E-state index in [1.165, 1.54) is 16.4 Å². The van der Waals surface area contributed by atoms with Crippen molar-refractivity contribution in [1.82, 2.24) is 19.1 Å². The average Bonchev–Trinajstić information content (AvgIpc) is 2.86. The van der Waals surface area contributed by atoms with Gasteiger partial charge in [-0.15, -0.1) is 10.2 Å². The van der Waals surface area contributed by atoms with Gasteiger partial charge < -0.3 is 4.57 Å². The van der Waals surface area contributed by atoms with Crippen LogP contribution in [0.4, 0.5) is 4.39 Å². The van der Waals surface area contributed by atoms with Gasteiger partial charge in [-0.05, 0) is 24.3 Å². The molecule has 100 valence electrons. The van der Waals surface area contributed by atoms with Gasteiger partial charge in [0.1, 0.15) is 18.0 Å². The molecule has 0 N–H and O–H groups in total. The first kappa shape index (κ1) is 12.2. The van der Waals surface area contributed by atoms with Crippen LogP contribution in [0.2, 0.25) is 0 Å². The molecule has 1 aromatic carbocycles. The minimum absolute atomic E-state index is 0.0851. The van der Waals surface area contributed by atoms with Crippen molar-refractivity contribution < 1.29 is 12.8 Å². The molecule has 19 heavy (non-hydrogen) atoms. The highest BCUT2D eigenvalue weighted by Gasteiger charge is 2.29. The number of benzene rings is 1. The fraction of sp³-hybridized carbons (Fsp3) is 0.273. The molecule has 2 aromatic rings. The first-order chi connectivity index (χ1) is 9.07. The van der Waals surface area contributed by atoms with Crippen LogP contribution in [-0.2, 0) is 23.1 Å². The van der Waals surface area contributed by atoms with Gasteiger partial charge in [0.25, 0.3) is 0 Å². The van der Waals surface area contributed by atoms with Crippen LogP contribution in [0.15, 0.2) is 35.5 Å². The molecule has 1 aliphatic heterocycles. The molecular formula is C11H11FN4O2S. The first-order valence-corrected chi connectivity index (χ1v) is 7.14. The molecule has 1 aliphatic rings. The second-order valence-corrected chi connectivity index (χ2v) is 6.17. The largest absolute Gasteiger partial charge is 0.315 e. The molecule has 6 nitrogen and oxygen atoms in total. The van der Waals surface area contributed by atoms with E-state index >= 15 is 0 Å². The molecule has 0 amide bonds. The lowest BCUT2D eigenvalue weighted by Gasteiger charge is -2.26. The van der Waals surface area contributed by atoms with Crippen molar-refractivity contribution in [2.45, 2.75) is 18.0 Å². The van der Waals surface area contributed by atoms with Gasteiger partial charge in [0, 0.05) is 13.1 Å². The second-order valence-electron chi connectivity index (χ2n) is 4.23. The Morgan fingerprint density at radius 3 is 2.63 bits per heavy atom. The van der Waals surface area contributed by atoms with Gasteiger partial charge in [0.05, 0.1) is 11.4 Å². The molecule has 0 saturated carbocycles. The van der Waals surface area contributed by atoms with Crippen molar-refractivity contribution in [3.63, 3.8) is 0 Å². The van der Waals surface area contributed by atoms with E-state index in [0.29, 0.717) is 18.9 Å². The van der Waals surface area contributed by atoms with Crippen LogP contribution in [0.1, 0.15) is 5.82 Å². The van der Waals surface area contributed by atoms with Gasteiger partial charge in [0.15, 0.2) is 0 Å². The minimum Gasteiger partial charge on any atom is -0.315 e. The van der Waals surface area contributed by atoms with Gasteiger partial charge >= 0.3 is 0 Å². The zero-order chi connectivity index (χ0) is 13.5. The lowest BCUT2D eigenvalue weighted by atomic mass is 10.4. The van der Waals surface area contributed by atoms with Gasteiger partial charge in [-0.25, -0.2) is 12.8 Å². The van der Waals surface area contributed by atoms with E-state index in [2.05, 4.69) is 10.2 Å². The Labute approximate surface area is 109 Å². The Kier molecular flexibility index (Phi) is 2.83. The maximum atomic E-state index is 12.8. The predicted molar refractivity (Wildman–Crippen MR) is 64.0 cm³/mol. The Hall–Kier alpha value is -1.80. The summed E-state index contributed by atoms with van der Waals surface area (Å²) < 4.78 is 40.7. The first-order valence-electron chi connectivity index (χ1n) is 5.70. The molecule has 0 aliphatic carbocycles. The van der Waals surface area contributed by atoms with E-state index in [1.54, 1.807) is 6.33 Å². The summed E-state index contributed by atoms with van der Waals surface area (Å²) in [5, 5.41) is 7.62. The normalized spacial score (nSPS) is 16.3. The summed E-state index contributed by atoms with van der Waals surface area (Å²) in [6, 6.07) is 4.81. The predicted octanol–water partition coefficient (Wildman–Crippen LogP) is 0.622. The number of halogens is 1. The van der Waals surface area contributed by atoms with Gasteiger partial charge in [0.2, 0.25) is 10.0 Å². The van der Waals surface area contributed by atoms with Crippen LogP contribution >= 0.6 is 0 Å². The lowest BCUT2D eigenvalue weighted by Crippen LogP contribution is -2.38. The van der Waals surface area contributed by atoms with E-state index in [-0.39, 0.29) is 11.4 Å². The van der Waals surface area contributed by atoms with E-state index in [4.69, 9.17) is 0 Å². The standard InChI is InChI=1S/C11H11FN4O2S/c12-9-1-3-10(4-2-9)19(17,18)16-6-5-15-8-13-14-11(15)7-16/h1-4,8H,5-7H2. The average molecular weight is 282 g/mol. The third kappa shape index (κ3) is 2.13. The van der Waals surface area contributed by atoms with E-state index in [1.807, 2.05) is 4.57 Å². The minimum atomic E-state index is -3.61. The number of sulfonamides is 1. The molecule has 1 aromatic heterocycles. The van der Waals surface area contributed by atoms with E-state index < -0.39 is 15.8 Å². The lowest BCUT2D eigenvalue weighted by molar-refractivity contribution is 0.335. The van der Waals surface area contributed by atoms with Gasteiger partial charge in [-0.1, -0.05) is 0 Å². The Balaban J connectivity index is 1.92. The summed E-state index contributed by atoms with van der Waals surface area (Å²) >= 11 is 0. The molecule has 0 fully saturated rings. The molecule has 8 heteroatoms. The molecule has 0 saturated heterocycles. The Morgan fingerprint density at radius 2 is 1.89 bits per heavy atom. The van der Waals surface area contributed by atoms with Gasteiger partial charge in [-0.3, -0.25) is 0 Å². The molecule has 0 radical (unpaired) electrons. The molecule has 3 rings (SSSR count). The molecule has 0 bridgehead atoms. The van der Waals surface area contributed by atoms with Crippen LogP contribution < -0.4 is 0 Å². The third-order valence-corrected chi connectivity index (χ3v) is 4.91. The number of rotatable bonds is 2. The molecule has 0 spiro atoms. The molecule has 0 unspecified atom stereocenters. The topological polar surface area (TPSA) is 68.1 Å². The van der Waals surface area contributed by atoms with Crippen LogP contribution in [0.5, 0.6) is 0 Å². The summed E-state index contributed by atoms with van der Waals surface area (Å²) in [6.45, 7) is 1.05. The molecular weight excluding hydrogens is 271 g/mol. The number of aromatic nitrogens is 3. The zero-order valence-corrected chi connectivity index (χ0v) is 10.7. The number of hydrogen-bond acceptors (Lipinski definition) is 4. The number of nitrogens with zero attached hydrogens (tertiary/aromatic N) is 4. The quantitative estimate of drug-likeness (QED) is 0.810.